The molecule has 0 spiro atoms. The van der Waals surface area contributed by atoms with Gasteiger partial charge in [0.15, 0.2) is 0 Å². The van der Waals surface area contributed by atoms with Crippen molar-refractivity contribution in [2.45, 2.75) is 31.5 Å². The van der Waals surface area contributed by atoms with Gasteiger partial charge in [-0.25, -0.2) is 10.9 Å². The van der Waals surface area contributed by atoms with Crippen LogP contribution in [0.5, 0.6) is 0 Å². The molecular weight excluding hydrogens is 338 g/mol. The molecule has 2 aliphatic heterocycles. The third kappa shape index (κ3) is 4.53. The largest absolute Gasteiger partial charge is 0.340 e. The number of carbonyl (C=O) groups is 1. The molecule has 0 radical (unpaired) electrons. The maximum atomic E-state index is 12.5. The van der Waals surface area contributed by atoms with E-state index in [2.05, 4.69) is 38.9 Å². The number of hydrogen-bond donors (Lipinski definition) is 2. The molecule has 6 heteroatoms. The van der Waals surface area contributed by atoms with E-state index < -0.39 is 0 Å². The van der Waals surface area contributed by atoms with Crippen molar-refractivity contribution >= 4 is 5.91 Å². The average Bonchev–Trinajstić information content (AvgIpc) is 3.24. The third-order valence-corrected chi connectivity index (χ3v) is 5.55. The zero-order chi connectivity index (χ0) is 18.5. The summed E-state index contributed by atoms with van der Waals surface area (Å²) in [5.74, 6) is 0.268. The Morgan fingerprint density at radius 3 is 2.59 bits per heavy atom. The van der Waals surface area contributed by atoms with Crippen LogP contribution in [0.25, 0.3) is 0 Å². The van der Waals surface area contributed by atoms with Crippen LogP contribution in [0.2, 0.25) is 0 Å². The van der Waals surface area contributed by atoms with Gasteiger partial charge in [0.1, 0.15) is 0 Å². The Morgan fingerprint density at radius 1 is 1.04 bits per heavy atom. The predicted molar refractivity (Wildman–Crippen MR) is 105 cm³/mol. The van der Waals surface area contributed by atoms with Crippen molar-refractivity contribution in [1.82, 2.24) is 25.6 Å². The SMILES string of the molecule is O=C(CCc1ccccc1)N1CCN(C2CC(c3cccnc3)NN2)CC1. The van der Waals surface area contributed by atoms with Crippen molar-refractivity contribution in [3.05, 3.63) is 66.0 Å². The van der Waals surface area contributed by atoms with Crippen LogP contribution in [0.15, 0.2) is 54.9 Å². The Kier molecular flexibility index (Phi) is 5.77. The van der Waals surface area contributed by atoms with Crippen LogP contribution >= 0.6 is 0 Å². The van der Waals surface area contributed by atoms with E-state index in [1.54, 1.807) is 6.20 Å². The van der Waals surface area contributed by atoms with Crippen LogP contribution in [0.3, 0.4) is 0 Å². The highest BCUT2D eigenvalue weighted by molar-refractivity contribution is 5.76. The zero-order valence-electron chi connectivity index (χ0n) is 15.6. The van der Waals surface area contributed by atoms with E-state index in [4.69, 9.17) is 0 Å². The van der Waals surface area contributed by atoms with Crippen LogP contribution in [0.4, 0.5) is 0 Å². The number of aryl methyl sites for hydroxylation is 1. The predicted octanol–water partition coefficient (Wildman–Crippen LogP) is 1.72. The van der Waals surface area contributed by atoms with Gasteiger partial charge in [-0.05, 0) is 30.0 Å². The van der Waals surface area contributed by atoms with E-state index in [9.17, 15) is 4.79 Å². The molecule has 2 unspecified atom stereocenters. The van der Waals surface area contributed by atoms with Crippen molar-refractivity contribution in [1.29, 1.82) is 0 Å². The summed E-state index contributed by atoms with van der Waals surface area (Å²) in [6.45, 7) is 3.44. The molecule has 2 aromatic rings. The van der Waals surface area contributed by atoms with Crippen LogP contribution < -0.4 is 10.9 Å². The number of nitrogens with one attached hydrogen (secondary N) is 2. The number of rotatable bonds is 5. The van der Waals surface area contributed by atoms with Gasteiger partial charge in [-0.3, -0.25) is 14.7 Å². The molecule has 27 heavy (non-hydrogen) atoms. The molecular formula is C21H27N5O. The Morgan fingerprint density at radius 2 is 1.85 bits per heavy atom. The number of nitrogens with zero attached hydrogens (tertiary/aromatic N) is 3. The first kappa shape index (κ1) is 18.1. The lowest BCUT2D eigenvalue weighted by Gasteiger charge is -2.37. The van der Waals surface area contributed by atoms with E-state index in [0.29, 0.717) is 12.6 Å². The van der Waals surface area contributed by atoms with E-state index in [1.165, 1.54) is 11.1 Å². The minimum atomic E-state index is 0.268. The summed E-state index contributed by atoms with van der Waals surface area (Å²) in [6, 6.07) is 14.6. The van der Waals surface area contributed by atoms with Gasteiger partial charge in [0.25, 0.3) is 0 Å². The van der Waals surface area contributed by atoms with E-state index in [1.807, 2.05) is 35.4 Å². The number of carbonyl (C=O) groups excluding carboxylic acids is 1. The zero-order valence-corrected chi connectivity index (χ0v) is 15.6. The molecule has 1 aromatic heterocycles. The van der Waals surface area contributed by atoms with Crippen molar-refractivity contribution in [3.8, 4) is 0 Å². The second-order valence-electron chi connectivity index (χ2n) is 7.28. The van der Waals surface area contributed by atoms with Crippen LogP contribution in [0, 0.1) is 0 Å². The molecule has 0 aliphatic carbocycles. The fourth-order valence-corrected chi connectivity index (χ4v) is 3.92. The first-order valence-electron chi connectivity index (χ1n) is 9.76. The molecule has 142 valence electrons. The Labute approximate surface area is 160 Å². The number of hydrogen-bond acceptors (Lipinski definition) is 5. The molecule has 2 fully saturated rings. The summed E-state index contributed by atoms with van der Waals surface area (Å²) in [6.07, 6.45) is 6.45. The highest BCUT2D eigenvalue weighted by Crippen LogP contribution is 2.23. The summed E-state index contributed by atoms with van der Waals surface area (Å²) < 4.78 is 0. The summed E-state index contributed by atoms with van der Waals surface area (Å²) in [5, 5.41) is 0. The lowest BCUT2D eigenvalue weighted by Crippen LogP contribution is -2.55. The number of amides is 1. The van der Waals surface area contributed by atoms with Gasteiger partial charge < -0.3 is 4.90 Å². The minimum Gasteiger partial charge on any atom is -0.340 e. The molecule has 4 rings (SSSR count). The summed E-state index contributed by atoms with van der Waals surface area (Å²) >= 11 is 0. The van der Waals surface area contributed by atoms with E-state index in [0.717, 1.165) is 39.0 Å². The molecule has 2 saturated heterocycles. The fourth-order valence-electron chi connectivity index (χ4n) is 3.92. The number of benzene rings is 1. The molecule has 2 N–H and O–H groups in total. The molecule has 1 aromatic carbocycles. The molecule has 1 amide bonds. The second kappa shape index (κ2) is 8.61. The van der Waals surface area contributed by atoms with Gasteiger partial charge in [0.2, 0.25) is 5.91 Å². The fraction of sp³-hybridized carbons (Fsp3) is 0.429. The van der Waals surface area contributed by atoms with Gasteiger partial charge in [0.05, 0.1) is 12.2 Å². The molecule has 6 nitrogen and oxygen atoms in total. The normalized spacial score (nSPS) is 23.5. The highest BCUT2D eigenvalue weighted by atomic mass is 16.2. The van der Waals surface area contributed by atoms with Crippen molar-refractivity contribution < 1.29 is 4.79 Å². The first-order valence-corrected chi connectivity index (χ1v) is 9.76. The van der Waals surface area contributed by atoms with Gasteiger partial charge in [-0.2, -0.15) is 0 Å². The number of hydrazine groups is 1. The number of aromatic nitrogens is 1. The quantitative estimate of drug-likeness (QED) is 0.845. The smallest absolute Gasteiger partial charge is 0.222 e. The van der Waals surface area contributed by atoms with Gasteiger partial charge in [-0.15, -0.1) is 0 Å². The van der Waals surface area contributed by atoms with Crippen LogP contribution in [0.1, 0.15) is 30.0 Å². The summed E-state index contributed by atoms with van der Waals surface area (Å²) in [5.41, 5.74) is 9.23. The standard InChI is InChI=1S/C21H27N5O/c27-21(9-8-17-5-2-1-3-6-17)26-13-11-25(12-14-26)20-15-19(23-24-20)18-7-4-10-22-16-18/h1-7,10,16,19-20,23-24H,8-9,11-15H2. The Bertz CT molecular complexity index is 731. The van der Waals surface area contributed by atoms with Crippen molar-refractivity contribution in [2.75, 3.05) is 26.2 Å². The van der Waals surface area contributed by atoms with Gasteiger partial charge in [-0.1, -0.05) is 36.4 Å². The number of piperazine rings is 1. The van der Waals surface area contributed by atoms with E-state index in [-0.39, 0.29) is 11.9 Å². The monoisotopic (exact) mass is 365 g/mol. The lowest BCUT2D eigenvalue weighted by molar-refractivity contribution is -0.133. The van der Waals surface area contributed by atoms with Crippen LogP contribution in [-0.4, -0.2) is 53.0 Å². The highest BCUT2D eigenvalue weighted by Gasteiger charge is 2.32. The molecule has 2 aliphatic rings. The second-order valence-corrected chi connectivity index (χ2v) is 7.28. The topological polar surface area (TPSA) is 60.5 Å². The third-order valence-electron chi connectivity index (χ3n) is 5.55. The lowest BCUT2D eigenvalue weighted by atomic mass is 10.1. The van der Waals surface area contributed by atoms with Crippen molar-refractivity contribution in [2.24, 2.45) is 0 Å². The van der Waals surface area contributed by atoms with Crippen LogP contribution in [-0.2, 0) is 11.2 Å². The number of pyridine rings is 1. The minimum absolute atomic E-state index is 0.268. The average molecular weight is 365 g/mol. The van der Waals surface area contributed by atoms with Crippen molar-refractivity contribution in [3.63, 3.8) is 0 Å². The first-order chi connectivity index (χ1) is 13.3. The summed E-state index contributed by atoms with van der Waals surface area (Å²) in [4.78, 5) is 21.2. The molecule has 2 atom stereocenters. The van der Waals surface area contributed by atoms with Gasteiger partial charge in [0, 0.05) is 45.0 Å². The summed E-state index contributed by atoms with van der Waals surface area (Å²) in [7, 11) is 0. The van der Waals surface area contributed by atoms with Gasteiger partial charge >= 0.3 is 0 Å². The maximum absolute atomic E-state index is 12.5. The maximum Gasteiger partial charge on any atom is 0.222 e. The molecule has 3 heterocycles. The Balaban J connectivity index is 1.23. The van der Waals surface area contributed by atoms with E-state index >= 15 is 0 Å². The Hall–Kier alpha value is -2.28. The molecule has 0 bridgehead atoms. The molecule has 0 saturated carbocycles.